The van der Waals surface area contributed by atoms with E-state index in [4.69, 9.17) is 0 Å². The van der Waals surface area contributed by atoms with Crippen LogP contribution in [0.1, 0.15) is 53.4 Å². The van der Waals surface area contributed by atoms with Gasteiger partial charge in [0.15, 0.2) is 0 Å². The van der Waals surface area contributed by atoms with Crippen LogP contribution in [0.5, 0.6) is 0 Å². The number of aliphatic hydroxyl groups excluding tert-OH is 1. The summed E-state index contributed by atoms with van der Waals surface area (Å²) in [7, 11) is 0. The number of rotatable bonds is 0. The molecule has 0 saturated carbocycles. The number of hydrogen-bond donors (Lipinski definition) is 1. The molecule has 0 spiro atoms. The Labute approximate surface area is 93.9 Å². The van der Waals surface area contributed by atoms with Crippen molar-refractivity contribution in [2.75, 3.05) is 0 Å². The lowest BCUT2D eigenvalue weighted by Gasteiger charge is -2.30. The third kappa shape index (κ3) is 2.64. The summed E-state index contributed by atoms with van der Waals surface area (Å²) in [6, 6.07) is 0. The minimum atomic E-state index is 0.569. The second-order valence-corrected chi connectivity index (χ2v) is 4.58. The first-order chi connectivity index (χ1) is 7.18. The van der Waals surface area contributed by atoms with Gasteiger partial charge in [-0.1, -0.05) is 33.3 Å². The van der Waals surface area contributed by atoms with Gasteiger partial charge in [-0.2, -0.15) is 0 Å². The maximum atomic E-state index is 9.74. The third-order valence-corrected chi connectivity index (χ3v) is 3.42. The molecule has 1 N–H and O–H groups in total. The fraction of sp³-hybridized carbons (Fsp3) is 0.714. The second kappa shape index (κ2) is 5.39. The van der Waals surface area contributed by atoms with Gasteiger partial charge in [0, 0.05) is 0 Å². The van der Waals surface area contributed by atoms with Crippen LogP contribution >= 0.6 is 0 Å². The average molecular weight is 208 g/mol. The Balaban J connectivity index is 0.000000531. The number of aliphatic hydroxyl groups is 1. The molecule has 0 radical (unpaired) electrons. The van der Waals surface area contributed by atoms with Crippen molar-refractivity contribution < 1.29 is 5.11 Å². The molecule has 0 heterocycles. The smallest absolute Gasteiger partial charge is 0.114 e. The Morgan fingerprint density at radius 2 is 1.93 bits per heavy atom. The van der Waals surface area contributed by atoms with E-state index in [9.17, 15) is 5.11 Å². The van der Waals surface area contributed by atoms with Crippen LogP contribution in [0.2, 0.25) is 0 Å². The van der Waals surface area contributed by atoms with Gasteiger partial charge in [0.05, 0.1) is 0 Å². The van der Waals surface area contributed by atoms with Gasteiger partial charge in [-0.25, -0.2) is 0 Å². The van der Waals surface area contributed by atoms with Crippen molar-refractivity contribution in [3.8, 4) is 0 Å². The molecule has 2 rings (SSSR count). The van der Waals surface area contributed by atoms with Crippen LogP contribution < -0.4 is 0 Å². The first-order valence-corrected chi connectivity index (χ1v) is 6.30. The fourth-order valence-corrected chi connectivity index (χ4v) is 2.50. The predicted octanol–water partition coefficient (Wildman–Crippen LogP) is 4.61. The molecule has 15 heavy (non-hydrogen) atoms. The molecule has 0 aromatic heterocycles. The van der Waals surface area contributed by atoms with Crippen molar-refractivity contribution in [1.82, 2.24) is 0 Å². The third-order valence-electron chi connectivity index (χ3n) is 3.42. The molecule has 1 nitrogen and oxygen atoms in total. The molecule has 2 aliphatic rings. The van der Waals surface area contributed by atoms with Crippen molar-refractivity contribution in [2.24, 2.45) is 11.8 Å². The van der Waals surface area contributed by atoms with Crippen molar-refractivity contribution in [2.45, 2.75) is 53.4 Å². The van der Waals surface area contributed by atoms with E-state index in [1.165, 1.54) is 24.0 Å². The van der Waals surface area contributed by atoms with Crippen LogP contribution in [0.25, 0.3) is 0 Å². The Hall–Kier alpha value is -0.720. The number of hydrogen-bond acceptors (Lipinski definition) is 1. The first-order valence-electron chi connectivity index (χ1n) is 6.30. The molecule has 2 unspecified atom stereocenters. The summed E-state index contributed by atoms with van der Waals surface area (Å²) in [4.78, 5) is 0. The van der Waals surface area contributed by atoms with Crippen molar-refractivity contribution in [3.05, 3.63) is 23.0 Å². The molecule has 0 aliphatic heterocycles. The highest BCUT2D eigenvalue weighted by Gasteiger charge is 2.26. The zero-order chi connectivity index (χ0) is 11.4. The zero-order valence-corrected chi connectivity index (χ0v) is 10.5. The molecule has 1 heteroatoms. The van der Waals surface area contributed by atoms with Crippen LogP contribution in [-0.4, -0.2) is 5.11 Å². The van der Waals surface area contributed by atoms with Gasteiger partial charge >= 0.3 is 0 Å². The van der Waals surface area contributed by atoms with Gasteiger partial charge < -0.3 is 5.11 Å². The Morgan fingerprint density at radius 3 is 2.60 bits per heavy atom. The molecular formula is C14H24O. The highest BCUT2D eigenvalue weighted by atomic mass is 16.3. The summed E-state index contributed by atoms with van der Waals surface area (Å²) < 4.78 is 0. The first kappa shape index (κ1) is 12.4. The van der Waals surface area contributed by atoms with E-state index in [0.29, 0.717) is 11.7 Å². The highest BCUT2D eigenvalue weighted by Crippen LogP contribution is 2.40. The van der Waals surface area contributed by atoms with Crippen LogP contribution in [0, 0.1) is 11.8 Å². The quantitative estimate of drug-likeness (QED) is 0.616. The van der Waals surface area contributed by atoms with E-state index in [1.807, 2.05) is 19.9 Å². The van der Waals surface area contributed by atoms with Gasteiger partial charge in [-0.05, 0) is 49.2 Å². The maximum absolute atomic E-state index is 9.74. The molecule has 0 fully saturated rings. The topological polar surface area (TPSA) is 20.2 Å². The second-order valence-electron chi connectivity index (χ2n) is 4.58. The zero-order valence-electron chi connectivity index (χ0n) is 10.5. The summed E-state index contributed by atoms with van der Waals surface area (Å²) in [6.45, 7) is 8.55. The fourth-order valence-electron chi connectivity index (χ4n) is 2.50. The van der Waals surface area contributed by atoms with E-state index in [2.05, 4.69) is 13.8 Å². The lowest BCUT2D eigenvalue weighted by atomic mass is 9.76. The average Bonchev–Trinajstić information content (AvgIpc) is 2.27. The van der Waals surface area contributed by atoms with E-state index < -0.39 is 0 Å². The molecular weight excluding hydrogens is 184 g/mol. The van der Waals surface area contributed by atoms with Gasteiger partial charge in [-0.3, -0.25) is 0 Å². The molecule has 0 aromatic carbocycles. The van der Waals surface area contributed by atoms with E-state index in [1.54, 1.807) is 0 Å². The Bertz CT molecular complexity index is 273. The van der Waals surface area contributed by atoms with E-state index in [0.717, 1.165) is 18.8 Å². The van der Waals surface area contributed by atoms with Crippen LogP contribution in [-0.2, 0) is 0 Å². The SMILES string of the molecule is CC.CC1CCC2=C(C1)C(O)=CCC2C. The van der Waals surface area contributed by atoms with Crippen LogP contribution in [0.4, 0.5) is 0 Å². The summed E-state index contributed by atoms with van der Waals surface area (Å²) in [5.74, 6) is 1.98. The summed E-state index contributed by atoms with van der Waals surface area (Å²) in [5.41, 5.74) is 2.79. The standard InChI is InChI=1S/C12H18O.C2H6/c1-8-3-5-10-9(2)4-6-12(13)11(10)7-8;1-2/h6,8-9,13H,3-5,7H2,1-2H3;1-2H3. The number of allylic oxidation sites excluding steroid dienone is 3. The predicted molar refractivity (Wildman–Crippen MR) is 65.9 cm³/mol. The lowest BCUT2D eigenvalue weighted by molar-refractivity contribution is 0.371. The summed E-state index contributed by atoms with van der Waals surface area (Å²) in [6.07, 6.45) is 6.61. The summed E-state index contributed by atoms with van der Waals surface area (Å²) >= 11 is 0. The van der Waals surface area contributed by atoms with Crippen molar-refractivity contribution in [1.29, 1.82) is 0 Å². The minimum absolute atomic E-state index is 0.569. The van der Waals surface area contributed by atoms with E-state index >= 15 is 0 Å². The van der Waals surface area contributed by atoms with Gasteiger partial charge in [0.25, 0.3) is 0 Å². The molecule has 0 aromatic rings. The lowest BCUT2D eigenvalue weighted by Crippen LogP contribution is -2.17. The molecule has 2 aliphatic carbocycles. The van der Waals surface area contributed by atoms with Crippen LogP contribution in [0.15, 0.2) is 23.0 Å². The van der Waals surface area contributed by atoms with E-state index in [-0.39, 0.29) is 0 Å². The molecule has 86 valence electrons. The Morgan fingerprint density at radius 1 is 1.27 bits per heavy atom. The summed E-state index contributed by atoms with van der Waals surface area (Å²) in [5, 5.41) is 9.74. The molecule has 0 amide bonds. The normalized spacial score (nSPS) is 30.0. The van der Waals surface area contributed by atoms with Crippen molar-refractivity contribution in [3.63, 3.8) is 0 Å². The monoisotopic (exact) mass is 208 g/mol. The largest absolute Gasteiger partial charge is 0.508 e. The Kier molecular flexibility index (Phi) is 4.44. The van der Waals surface area contributed by atoms with Gasteiger partial charge in [0.1, 0.15) is 5.76 Å². The highest BCUT2D eigenvalue weighted by molar-refractivity contribution is 5.37. The van der Waals surface area contributed by atoms with Gasteiger partial charge in [0.2, 0.25) is 0 Å². The molecule has 0 bridgehead atoms. The molecule has 2 atom stereocenters. The van der Waals surface area contributed by atoms with Gasteiger partial charge in [-0.15, -0.1) is 0 Å². The van der Waals surface area contributed by atoms with Crippen molar-refractivity contribution >= 4 is 0 Å². The van der Waals surface area contributed by atoms with Crippen LogP contribution in [0.3, 0.4) is 0 Å². The minimum Gasteiger partial charge on any atom is -0.508 e. The maximum Gasteiger partial charge on any atom is 0.114 e. The molecule has 0 saturated heterocycles.